The Morgan fingerprint density at radius 1 is 1.36 bits per heavy atom. The van der Waals surface area contributed by atoms with E-state index in [1.165, 1.54) is 6.08 Å². The molecule has 1 atom stereocenters. The smallest absolute Gasteiger partial charge is 0.244 e. The number of carbonyl (C=O) groups excluding carboxylic acids is 1. The van der Waals surface area contributed by atoms with Crippen molar-refractivity contribution in [2.45, 2.75) is 19.9 Å². The van der Waals surface area contributed by atoms with Crippen LogP contribution in [0.4, 0.5) is 0 Å². The molecule has 0 saturated carbocycles. The minimum atomic E-state index is -0.0520. The lowest BCUT2D eigenvalue weighted by Crippen LogP contribution is -2.24. The largest absolute Gasteiger partial charge is 0.346 e. The Morgan fingerprint density at radius 3 is 2.57 bits per heavy atom. The Kier molecular flexibility index (Phi) is 3.92. The lowest BCUT2D eigenvalue weighted by atomic mass is 10.1. The summed E-state index contributed by atoms with van der Waals surface area (Å²) in [6, 6.07) is 9.95. The topological polar surface area (TPSA) is 29.1 Å². The third kappa shape index (κ3) is 3.05. The molecular formula is C12H15NO. The Balaban J connectivity index is 2.59. The molecule has 14 heavy (non-hydrogen) atoms. The monoisotopic (exact) mass is 189 g/mol. The first-order chi connectivity index (χ1) is 6.74. The summed E-state index contributed by atoms with van der Waals surface area (Å²) >= 11 is 0. The molecule has 1 N–H and O–H groups in total. The Bertz CT molecular complexity index is 316. The van der Waals surface area contributed by atoms with Crippen molar-refractivity contribution in [2.75, 3.05) is 0 Å². The summed E-state index contributed by atoms with van der Waals surface area (Å²) in [5.74, 6) is -0.0520. The third-order valence-corrected chi connectivity index (χ3v) is 1.98. The molecule has 2 heteroatoms. The fraction of sp³-hybridized carbons (Fsp3) is 0.250. The molecule has 0 heterocycles. The van der Waals surface area contributed by atoms with Crippen molar-refractivity contribution in [3.63, 3.8) is 0 Å². The zero-order valence-corrected chi connectivity index (χ0v) is 8.53. The van der Waals surface area contributed by atoms with Crippen molar-refractivity contribution >= 4 is 5.91 Å². The highest BCUT2D eigenvalue weighted by atomic mass is 16.1. The Morgan fingerprint density at radius 2 is 2.00 bits per heavy atom. The standard InChI is InChI=1S/C12H15NO/c1-3-7-12(14)13-10(2)11-8-5-4-6-9-11/h3-10H,1-2H3,(H,13,14). The molecule has 1 rings (SSSR count). The summed E-state index contributed by atoms with van der Waals surface area (Å²) in [4.78, 5) is 11.2. The predicted octanol–water partition coefficient (Wildman–Crippen LogP) is 2.44. The zero-order valence-electron chi connectivity index (χ0n) is 8.53. The van der Waals surface area contributed by atoms with Crippen LogP contribution in [0.5, 0.6) is 0 Å². The summed E-state index contributed by atoms with van der Waals surface area (Å²) in [5, 5.41) is 2.87. The molecule has 0 aliphatic rings. The quantitative estimate of drug-likeness (QED) is 0.727. The van der Waals surface area contributed by atoms with Gasteiger partial charge in [0.15, 0.2) is 0 Å². The van der Waals surface area contributed by atoms with E-state index in [1.54, 1.807) is 6.08 Å². The van der Waals surface area contributed by atoms with E-state index in [4.69, 9.17) is 0 Å². The van der Waals surface area contributed by atoms with Crippen LogP contribution < -0.4 is 5.32 Å². The second-order valence-electron chi connectivity index (χ2n) is 3.14. The van der Waals surface area contributed by atoms with Gasteiger partial charge in [0.25, 0.3) is 0 Å². The van der Waals surface area contributed by atoms with E-state index in [0.29, 0.717) is 0 Å². The molecule has 0 radical (unpaired) electrons. The molecule has 2 nitrogen and oxygen atoms in total. The molecular weight excluding hydrogens is 174 g/mol. The minimum Gasteiger partial charge on any atom is -0.346 e. The van der Waals surface area contributed by atoms with Crippen LogP contribution in [0, 0.1) is 0 Å². The molecule has 0 saturated heterocycles. The van der Waals surface area contributed by atoms with Crippen molar-refractivity contribution in [1.82, 2.24) is 5.32 Å². The number of hydrogen-bond donors (Lipinski definition) is 1. The van der Waals surface area contributed by atoms with Gasteiger partial charge in [0.05, 0.1) is 6.04 Å². The highest BCUT2D eigenvalue weighted by molar-refractivity contribution is 5.87. The van der Waals surface area contributed by atoms with Gasteiger partial charge in [-0.3, -0.25) is 4.79 Å². The van der Waals surface area contributed by atoms with Crippen LogP contribution >= 0.6 is 0 Å². The van der Waals surface area contributed by atoms with Crippen molar-refractivity contribution in [3.8, 4) is 0 Å². The van der Waals surface area contributed by atoms with E-state index in [-0.39, 0.29) is 11.9 Å². The van der Waals surface area contributed by atoms with Gasteiger partial charge in [-0.15, -0.1) is 0 Å². The summed E-state index contributed by atoms with van der Waals surface area (Å²) in [6.45, 7) is 3.80. The molecule has 74 valence electrons. The number of carbonyl (C=O) groups is 1. The number of rotatable bonds is 3. The van der Waals surface area contributed by atoms with E-state index in [1.807, 2.05) is 44.2 Å². The summed E-state index contributed by atoms with van der Waals surface area (Å²) in [7, 11) is 0. The molecule has 0 fully saturated rings. The van der Waals surface area contributed by atoms with E-state index < -0.39 is 0 Å². The molecule has 0 aliphatic heterocycles. The van der Waals surface area contributed by atoms with Crippen LogP contribution in [0.15, 0.2) is 42.5 Å². The van der Waals surface area contributed by atoms with Crippen molar-refractivity contribution in [2.24, 2.45) is 0 Å². The van der Waals surface area contributed by atoms with Gasteiger partial charge in [-0.2, -0.15) is 0 Å². The number of benzene rings is 1. The molecule has 0 aromatic heterocycles. The highest BCUT2D eigenvalue weighted by Crippen LogP contribution is 2.10. The first-order valence-electron chi connectivity index (χ1n) is 4.72. The van der Waals surface area contributed by atoms with E-state index in [0.717, 1.165) is 5.56 Å². The molecule has 0 aliphatic carbocycles. The molecule has 1 aromatic rings. The fourth-order valence-electron chi connectivity index (χ4n) is 1.24. The van der Waals surface area contributed by atoms with Crippen molar-refractivity contribution in [3.05, 3.63) is 48.0 Å². The van der Waals surface area contributed by atoms with Gasteiger partial charge in [-0.1, -0.05) is 36.4 Å². The molecule has 0 bridgehead atoms. The van der Waals surface area contributed by atoms with E-state index >= 15 is 0 Å². The zero-order chi connectivity index (χ0) is 10.4. The van der Waals surface area contributed by atoms with Gasteiger partial charge < -0.3 is 5.32 Å². The summed E-state index contributed by atoms with van der Waals surface area (Å²) in [6.07, 6.45) is 3.26. The lowest BCUT2D eigenvalue weighted by molar-refractivity contribution is -0.117. The molecule has 0 spiro atoms. The fourth-order valence-corrected chi connectivity index (χ4v) is 1.24. The van der Waals surface area contributed by atoms with Gasteiger partial charge >= 0.3 is 0 Å². The Hall–Kier alpha value is -1.57. The summed E-state index contributed by atoms with van der Waals surface area (Å²) < 4.78 is 0. The van der Waals surface area contributed by atoms with Crippen LogP contribution in [0.25, 0.3) is 0 Å². The molecule has 1 aromatic carbocycles. The van der Waals surface area contributed by atoms with Gasteiger partial charge in [0, 0.05) is 0 Å². The van der Waals surface area contributed by atoms with Crippen LogP contribution in [-0.4, -0.2) is 5.91 Å². The molecule has 1 unspecified atom stereocenters. The van der Waals surface area contributed by atoms with Gasteiger partial charge in [0.2, 0.25) is 5.91 Å². The second kappa shape index (κ2) is 5.22. The van der Waals surface area contributed by atoms with E-state index in [9.17, 15) is 4.79 Å². The third-order valence-electron chi connectivity index (χ3n) is 1.98. The second-order valence-corrected chi connectivity index (χ2v) is 3.14. The SMILES string of the molecule is CC=CC(=O)NC(C)c1ccccc1. The summed E-state index contributed by atoms with van der Waals surface area (Å²) in [5.41, 5.74) is 1.12. The van der Waals surface area contributed by atoms with Gasteiger partial charge in [-0.05, 0) is 25.5 Å². The molecule has 1 amide bonds. The number of allylic oxidation sites excluding steroid dienone is 1. The van der Waals surface area contributed by atoms with Crippen LogP contribution in [0.3, 0.4) is 0 Å². The van der Waals surface area contributed by atoms with Crippen LogP contribution in [0.2, 0.25) is 0 Å². The number of nitrogens with one attached hydrogen (secondary N) is 1. The maximum Gasteiger partial charge on any atom is 0.244 e. The highest BCUT2D eigenvalue weighted by Gasteiger charge is 2.05. The van der Waals surface area contributed by atoms with Gasteiger partial charge in [-0.25, -0.2) is 0 Å². The average molecular weight is 189 g/mol. The normalized spacial score (nSPS) is 12.7. The van der Waals surface area contributed by atoms with Crippen molar-refractivity contribution in [1.29, 1.82) is 0 Å². The van der Waals surface area contributed by atoms with Crippen LogP contribution in [-0.2, 0) is 4.79 Å². The Labute approximate surface area is 84.6 Å². The maximum atomic E-state index is 11.2. The minimum absolute atomic E-state index is 0.0520. The first kappa shape index (κ1) is 10.5. The maximum absolute atomic E-state index is 11.2. The lowest BCUT2D eigenvalue weighted by Gasteiger charge is -2.12. The predicted molar refractivity (Wildman–Crippen MR) is 57.8 cm³/mol. The van der Waals surface area contributed by atoms with Crippen LogP contribution in [0.1, 0.15) is 25.5 Å². The van der Waals surface area contributed by atoms with Gasteiger partial charge in [0.1, 0.15) is 0 Å². The number of hydrogen-bond acceptors (Lipinski definition) is 1. The van der Waals surface area contributed by atoms with Crippen molar-refractivity contribution < 1.29 is 4.79 Å². The first-order valence-corrected chi connectivity index (χ1v) is 4.72. The van der Waals surface area contributed by atoms with E-state index in [2.05, 4.69) is 5.32 Å². The average Bonchev–Trinajstić information content (AvgIpc) is 2.19. The number of amides is 1.